The number of hydrogen-bond donors (Lipinski definition) is 0. The molecule has 0 aliphatic rings. The van der Waals surface area contributed by atoms with Gasteiger partial charge in [-0.1, -0.05) is 70.0 Å². The van der Waals surface area contributed by atoms with Crippen LogP contribution in [0.2, 0.25) is 0 Å². The molecule has 0 N–H and O–H groups in total. The smallest absolute Gasteiger partial charge is 0.282 e. The average Bonchev–Trinajstić information content (AvgIpc) is 3.00. The van der Waals surface area contributed by atoms with E-state index in [-0.39, 0.29) is 11.5 Å². The number of para-hydroxylation sites is 2. The Morgan fingerprint density at radius 1 is 0.977 bits per heavy atom. The molecule has 0 spiro atoms. The number of benzene rings is 4. The maximum atomic E-state index is 13.9. The first-order valence-corrected chi connectivity index (χ1v) is 15.9. The average molecular weight is 719 g/mol. The van der Waals surface area contributed by atoms with E-state index in [1.165, 1.54) is 4.68 Å². The van der Waals surface area contributed by atoms with E-state index in [1.54, 1.807) is 19.4 Å². The van der Waals surface area contributed by atoms with Gasteiger partial charge in [0.1, 0.15) is 12.4 Å². The topological polar surface area (TPSA) is 74.9 Å². The minimum Gasteiger partial charge on any atom is -0.494 e. The van der Waals surface area contributed by atoms with Crippen molar-refractivity contribution in [3.63, 3.8) is 0 Å². The highest BCUT2D eigenvalue weighted by molar-refractivity contribution is 9.11. The van der Waals surface area contributed by atoms with Gasteiger partial charge in [0.05, 0.1) is 30.8 Å². The van der Waals surface area contributed by atoms with Crippen molar-refractivity contribution in [3.8, 4) is 28.6 Å². The van der Waals surface area contributed by atoms with Gasteiger partial charge in [-0.15, -0.1) is 0 Å². The van der Waals surface area contributed by atoms with Gasteiger partial charge < -0.3 is 14.2 Å². The second kappa shape index (κ2) is 13.8. The Morgan fingerprint density at radius 3 is 2.50 bits per heavy atom. The molecular formula is C35H33Br2N3O4. The van der Waals surface area contributed by atoms with Gasteiger partial charge in [-0.3, -0.25) is 4.79 Å². The molecule has 0 atom stereocenters. The highest BCUT2D eigenvalue weighted by Gasteiger charge is 2.19. The number of halogens is 2. The maximum Gasteiger partial charge on any atom is 0.282 e. The van der Waals surface area contributed by atoms with Crippen LogP contribution >= 0.6 is 31.9 Å². The Kier molecular flexibility index (Phi) is 9.86. The van der Waals surface area contributed by atoms with E-state index in [4.69, 9.17) is 24.3 Å². The van der Waals surface area contributed by atoms with Gasteiger partial charge >= 0.3 is 0 Å². The van der Waals surface area contributed by atoms with E-state index in [2.05, 4.69) is 51.8 Å². The molecule has 0 saturated heterocycles. The fourth-order valence-electron chi connectivity index (χ4n) is 4.93. The number of aryl methyl sites for hydroxylation is 1. The van der Waals surface area contributed by atoms with Crippen LogP contribution in [-0.4, -0.2) is 29.6 Å². The van der Waals surface area contributed by atoms with Crippen molar-refractivity contribution in [2.75, 3.05) is 13.7 Å². The third kappa shape index (κ3) is 6.59. The van der Waals surface area contributed by atoms with Gasteiger partial charge in [0.2, 0.25) is 0 Å². The molecule has 0 aliphatic heterocycles. The largest absolute Gasteiger partial charge is 0.494 e. The molecule has 1 aromatic heterocycles. The minimum atomic E-state index is -0.273. The SMILES string of the molecule is CCOc1cc(C)c(-c2nc3ccccc3c(=O)n2N=Cc2cccc(OC)c2OCc2ccc(Br)cc2Br)cc1C(C)C. The first kappa shape index (κ1) is 31.5. The number of fused-ring (bicyclic) bond motifs is 1. The molecule has 0 unspecified atom stereocenters. The molecular weight excluding hydrogens is 686 g/mol. The van der Waals surface area contributed by atoms with Crippen molar-refractivity contribution >= 4 is 49.0 Å². The Labute approximate surface area is 273 Å². The Bertz CT molecular complexity index is 1920. The zero-order valence-corrected chi connectivity index (χ0v) is 28.4. The summed E-state index contributed by atoms with van der Waals surface area (Å²) in [4.78, 5) is 18.9. The fourth-order valence-corrected chi connectivity index (χ4v) is 6.10. The first-order chi connectivity index (χ1) is 21.2. The molecule has 226 valence electrons. The minimum absolute atomic E-state index is 0.197. The standard InChI is InChI=1S/C35H33Br2N3O4/c1-6-43-32-16-22(4)28(18-27(32)21(2)3)34-39-30-12-8-7-11-26(30)35(41)40(34)38-19-23-10-9-13-31(42-5)33(23)44-20-24-14-15-25(36)17-29(24)37/h7-19,21H,6,20H2,1-5H3. The molecule has 7 nitrogen and oxygen atoms in total. The molecule has 5 aromatic rings. The van der Waals surface area contributed by atoms with Crippen molar-refractivity contribution in [1.82, 2.24) is 9.66 Å². The highest BCUT2D eigenvalue weighted by Crippen LogP contribution is 2.35. The van der Waals surface area contributed by atoms with E-state index in [1.807, 2.05) is 74.5 Å². The van der Waals surface area contributed by atoms with Crippen LogP contribution in [0.3, 0.4) is 0 Å². The van der Waals surface area contributed by atoms with Gasteiger partial charge in [0.15, 0.2) is 17.3 Å². The zero-order valence-electron chi connectivity index (χ0n) is 25.2. The lowest BCUT2D eigenvalue weighted by Gasteiger charge is -2.18. The van der Waals surface area contributed by atoms with E-state index in [0.29, 0.717) is 47.0 Å². The lowest BCUT2D eigenvalue weighted by Crippen LogP contribution is -2.21. The van der Waals surface area contributed by atoms with Gasteiger partial charge in [0.25, 0.3) is 5.56 Å². The van der Waals surface area contributed by atoms with Crippen molar-refractivity contribution < 1.29 is 14.2 Å². The predicted octanol–water partition coefficient (Wildman–Crippen LogP) is 8.89. The van der Waals surface area contributed by atoms with Crippen molar-refractivity contribution in [1.29, 1.82) is 0 Å². The van der Waals surface area contributed by atoms with Crippen molar-refractivity contribution in [2.45, 2.75) is 40.2 Å². The van der Waals surface area contributed by atoms with Crippen LogP contribution in [0.1, 0.15) is 48.9 Å². The molecule has 0 radical (unpaired) electrons. The molecule has 44 heavy (non-hydrogen) atoms. The summed E-state index contributed by atoms with van der Waals surface area (Å²) in [5.41, 5.74) is 4.71. The quantitative estimate of drug-likeness (QED) is 0.135. The van der Waals surface area contributed by atoms with E-state index in [0.717, 1.165) is 36.9 Å². The number of ether oxygens (including phenoxy) is 3. The van der Waals surface area contributed by atoms with E-state index in [9.17, 15) is 4.79 Å². The lowest BCUT2D eigenvalue weighted by molar-refractivity contribution is 0.283. The van der Waals surface area contributed by atoms with Crippen LogP contribution in [-0.2, 0) is 6.61 Å². The van der Waals surface area contributed by atoms with Crippen LogP contribution in [0.5, 0.6) is 17.2 Å². The molecule has 0 bridgehead atoms. The summed E-state index contributed by atoms with van der Waals surface area (Å²) >= 11 is 7.10. The van der Waals surface area contributed by atoms with Crippen LogP contribution in [0.15, 0.2) is 91.6 Å². The van der Waals surface area contributed by atoms with Crippen molar-refractivity contribution in [3.05, 3.63) is 114 Å². The second-order valence-electron chi connectivity index (χ2n) is 10.5. The molecule has 5 rings (SSSR count). The van der Waals surface area contributed by atoms with Gasteiger partial charge in [-0.05, 0) is 79.4 Å². The van der Waals surface area contributed by atoms with Crippen LogP contribution in [0.4, 0.5) is 0 Å². The normalized spacial score (nSPS) is 11.5. The Balaban J connectivity index is 1.64. The summed E-state index contributed by atoms with van der Waals surface area (Å²) in [5.74, 6) is 2.53. The summed E-state index contributed by atoms with van der Waals surface area (Å²) in [7, 11) is 1.59. The first-order valence-electron chi connectivity index (χ1n) is 14.3. The number of nitrogens with zero attached hydrogens (tertiary/aromatic N) is 3. The maximum absolute atomic E-state index is 13.9. The lowest BCUT2D eigenvalue weighted by atomic mass is 9.96. The Hall–Kier alpha value is -3.95. The summed E-state index contributed by atoms with van der Waals surface area (Å²) in [6, 6.07) is 22.8. The van der Waals surface area contributed by atoms with Gasteiger partial charge in [-0.25, -0.2) is 4.98 Å². The molecule has 0 amide bonds. The fraction of sp³-hybridized carbons (Fsp3) is 0.229. The third-order valence-corrected chi connectivity index (χ3v) is 8.43. The third-order valence-electron chi connectivity index (χ3n) is 7.20. The number of methoxy groups -OCH3 is 1. The summed E-state index contributed by atoms with van der Waals surface area (Å²) < 4.78 is 21.1. The molecule has 4 aromatic carbocycles. The summed E-state index contributed by atoms with van der Waals surface area (Å²) in [6.45, 7) is 9.05. The summed E-state index contributed by atoms with van der Waals surface area (Å²) in [6.07, 6.45) is 1.61. The molecule has 0 aliphatic carbocycles. The van der Waals surface area contributed by atoms with Crippen LogP contribution in [0, 0.1) is 6.92 Å². The number of rotatable bonds is 10. The molecule has 9 heteroatoms. The number of hydrogen-bond acceptors (Lipinski definition) is 6. The zero-order chi connectivity index (χ0) is 31.4. The van der Waals surface area contributed by atoms with Crippen LogP contribution < -0.4 is 19.8 Å². The summed E-state index contributed by atoms with van der Waals surface area (Å²) in [5, 5.41) is 5.21. The van der Waals surface area contributed by atoms with Gasteiger partial charge in [-0.2, -0.15) is 9.78 Å². The predicted molar refractivity (Wildman–Crippen MR) is 184 cm³/mol. The second-order valence-corrected chi connectivity index (χ2v) is 12.3. The van der Waals surface area contributed by atoms with Crippen molar-refractivity contribution in [2.24, 2.45) is 5.10 Å². The highest BCUT2D eigenvalue weighted by atomic mass is 79.9. The van der Waals surface area contributed by atoms with E-state index >= 15 is 0 Å². The molecule has 0 saturated carbocycles. The van der Waals surface area contributed by atoms with Crippen LogP contribution in [0.25, 0.3) is 22.3 Å². The molecule has 0 fully saturated rings. The Morgan fingerprint density at radius 2 is 1.77 bits per heavy atom. The monoisotopic (exact) mass is 717 g/mol. The van der Waals surface area contributed by atoms with Gasteiger partial charge in [0, 0.05) is 25.6 Å². The number of aromatic nitrogens is 2. The molecule has 1 heterocycles. The van der Waals surface area contributed by atoms with E-state index < -0.39 is 0 Å².